The largest absolute Gasteiger partial charge is 0.492 e. The van der Waals surface area contributed by atoms with Crippen LogP contribution < -0.4 is 9.47 Å². The van der Waals surface area contributed by atoms with E-state index in [1.165, 1.54) is 19.2 Å². The van der Waals surface area contributed by atoms with E-state index in [1.807, 2.05) is 0 Å². The summed E-state index contributed by atoms with van der Waals surface area (Å²) in [5.74, 6) is -0.538. The normalized spacial score (nSPS) is 13.5. The van der Waals surface area contributed by atoms with Gasteiger partial charge in [0, 0.05) is 0 Å². The molecule has 1 aliphatic heterocycles. The van der Waals surface area contributed by atoms with Gasteiger partial charge in [-0.15, -0.1) is 0 Å². The molecule has 1 fully saturated rings. The van der Waals surface area contributed by atoms with E-state index in [9.17, 15) is 14.4 Å². The predicted octanol–water partition coefficient (Wildman–Crippen LogP) is 1.99. The molecule has 1 aliphatic rings. The Balaban J connectivity index is 2.06. The molecule has 0 aliphatic carbocycles. The maximum Gasteiger partial charge on any atom is 0.416 e. The molecule has 0 unspecified atom stereocenters. The van der Waals surface area contributed by atoms with Crippen LogP contribution in [-0.4, -0.2) is 56.3 Å². The number of cyclic esters (lactones) is 1. The monoisotopic (exact) mass is 401 g/mol. The number of halogens is 1. The van der Waals surface area contributed by atoms with Crippen molar-refractivity contribution >= 4 is 33.9 Å². The van der Waals surface area contributed by atoms with Crippen LogP contribution in [0.5, 0.6) is 11.5 Å². The molecule has 1 saturated heterocycles. The minimum absolute atomic E-state index is 0.141. The highest BCUT2D eigenvalue weighted by molar-refractivity contribution is 9.10. The quantitative estimate of drug-likeness (QED) is 0.672. The van der Waals surface area contributed by atoms with Crippen molar-refractivity contribution in [3.8, 4) is 11.5 Å². The number of carbonyl (C=O) groups is 3. The van der Waals surface area contributed by atoms with Crippen molar-refractivity contribution in [2.45, 2.75) is 6.92 Å². The number of carbonyl (C=O) groups excluding carboxylic acids is 3. The van der Waals surface area contributed by atoms with Gasteiger partial charge < -0.3 is 18.9 Å². The highest BCUT2D eigenvalue weighted by Crippen LogP contribution is 2.36. The number of rotatable bonds is 6. The van der Waals surface area contributed by atoms with Crippen molar-refractivity contribution in [1.29, 1.82) is 0 Å². The highest BCUT2D eigenvalue weighted by atomic mass is 79.9. The summed E-state index contributed by atoms with van der Waals surface area (Å²) in [6.07, 6.45) is -0.734. The molecule has 1 heterocycles. The van der Waals surface area contributed by atoms with Crippen molar-refractivity contribution in [1.82, 2.24) is 4.90 Å². The Bertz CT molecular complexity index is 661. The number of methoxy groups -OCH3 is 1. The average Bonchev–Trinajstić information content (AvgIpc) is 2.98. The molecule has 9 heteroatoms. The first-order chi connectivity index (χ1) is 11.5. The molecule has 0 N–H and O–H groups in total. The second-order valence-corrected chi connectivity index (χ2v) is 5.51. The number of amides is 2. The van der Waals surface area contributed by atoms with Crippen LogP contribution in [0.4, 0.5) is 4.79 Å². The van der Waals surface area contributed by atoms with E-state index in [1.54, 1.807) is 6.92 Å². The van der Waals surface area contributed by atoms with Gasteiger partial charge in [-0.3, -0.25) is 4.79 Å². The molecule has 0 spiro atoms. The van der Waals surface area contributed by atoms with E-state index in [2.05, 4.69) is 20.7 Å². The first-order valence-electron chi connectivity index (χ1n) is 7.12. The predicted molar refractivity (Wildman–Crippen MR) is 85.2 cm³/mol. The Morgan fingerprint density at radius 1 is 1.38 bits per heavy atom. The summed E-state index contributed by atoms with van der Waals surface area (Å²) >= 11 is 3.29. The summed E-state index contributed by atoms with van der Waals surface area (Å²) in [7, 11) is 1.48. The van der Waals surface area contributed by atoms with Crippen LogP contribution in [0, 0.1) is 0 Å². The molecule has 8 nitrogen and oxygen atoms in total. The van der Waals surface area contributed by atoms with Crippen molar-refractivity contribution < 1.29 is 33.3 Å². The third-order valence-electron chi connectivity index (χ3n) is 3.14. The maximum atomic E-state index is 12.1. The lowest BCUT2D eigenvalue weighted by Crippen LogP contribution is -2.35. The number of ether oxygens (including phenoxy) is 4. The molecular formula is C15H16BrNO7. The Kier molecular flexibility index (Phi) is 6.02. The van der Waals surface area contributed by atoms with Crippen LogP contribution in [-0.2, 0) is 14.3 Å². The molecule has 1 aromatic rings. The molecule has 2 rings (SSSR count). The fourth-order valence-electron chi connectivity index (χ4n) is 2.06. The maximum absolute atomic E-state index is 12.1. The molecular weight excluding hydrogens is 386 g/mol. The molecule has 130 valence electrons. The van der Waals surface area contributed by atoms with Crippen LogP contribution in [0.3, 0.4) is 0 Å². The Hall–Kier alpha value is -2.29. The van der Waals surface area contributed by atoms with Crippen LogP contribution >= 0.6 is 15.9 Å². The van der Waals surface area contributed by atoms with Crippen LogP contribution in [0.15, 0.2) is 16.6 Å². The number of benzene rings is 1. The first kappa shape index (κ1) is 18.1. The number of esters is 1. The highest BCUT2D eigenvalue weighted by Gasteiger charge is 2.29. The van der Waals surface area contributed by atoms with Gasteiger partial charge in [0.2, 0.25) is 0 Å². The Labute approximate surface area is 146 Å². The summed E-state index contributed by atoms with van der Waals surface area (Å²) in [4.78, 5) is 36.1. The summed E-state index contributed by atoms with van der Waals surface area (Å²) in [5, 5.41) is 0. The zero-order chi connectivity index (χ0) is 17.7. The molecule has 0 saturated carbocycles. The summed E-state index contributed by atoms with van der Waals surface area (Å²) < 4.78 is 20.7. The third kappa shape index (κ3) is 3.97. The van der Waals surface area contributed by atoms with E-state index in [0.717, 1.165) is 4.90 Å². The fourth-order valence-corrected chi connectivity index (χ4v) is 2.66. The molecule has 2 amide bonds. The lowest BCUT2D eigenvalue weighted by Gasteiger charge is -2.14. The molecule has 1 aromatic carbocycles. The number of hydrogen-bond donors (Lipinski definition) is 0. The number of imide groups is 1. The standard InChI is InChI=1S/C15H16BrNO7/c1-3-22-11-7-9(6-10(16)13(11)21-2)14(19)24-8-12(18)17-4-5-23-15(17)20/h6-7H,3-5,8H2,1-2H3. The summed E-state index contributed by atoms with van der Waals surface area (Å²) in [6, 6.07) is 2.96. The second kappa shape index (κ2) is 8.00. The summed E-state index contributed by atoms with van der Waals surface area (Å²) in [5.41, 5.74) is 0.183. The number of nitrogens with zero attached hydrogens (tertiary/aromatic N) is 1. The molecule has 24 heavy (non-hydrogen) atoms. The van der Waals surface area contributed by atoms with Crippen LogP contribution in [0.2, 0.25) is 0 Å². The summed E-state index contributed by atoms with van der Waals surface area (Å²) in [6.45, 7) is 1.92. The van der Waals surface area contributed by atoms with Crippen LogP contribution in [0.25, 0.3) is 0 Å². The Morgan fingerprint density at radius 3 is 2.71 bits per heavy atom. The van der Waals surface area contributed by atoms with Crippen molar-refractivity contribution in [3.63, 3.8) is 0 Å². The van der Waals surface area contributed by atoms with Gasteiger partial charge in [0.25, 0.3) is 5.91 Å². The van der Waals surface area contributed by atoms with Gasteiger partial charge in [-0.05, 0) is 35.0 Å². The lowest BCUT2D eigenvalue weighted by molar-refractivity contribution is -0.131. The minimum Gasteiger partial charge on any atom is -0.492 e. The zero-order valence-electron chi connectivity index (χ0n) is 13.2. The van der Waals surface area contributed by atoms with Crippen molar-refractivity contribution in [2.75, 3.05) is 33.5 Å². The van der Waals surface area contributed by atoms with Gasteiger partial charge in [0.05, 0.1) is 30.3 Å². The fraction of sp³-hybridized carbons (Fsp3) is 0.400. The second-order valence-electron chi connectivity index (χ2n) is 4.66. The van der Waals surface area contributed by atoms with Gasteiger partial charge >= 0.3 is 12.1 Å². The third-order valence-corrected chi connectivity index (χ3v) is 3.73. The van der Waals surface area contributed by atoms with E-state index in [0.29, 0.717) is 22.6 Å². The lowest BCUT2D eigenvalue weighted by atomic mass is 10.2. The van der Waals surface area contributed by atoms with E-state index >= 15 is 0 Å². The smallest absolute Gasteiger partial charge is 0.416 e. The minimum atomic E-state index is -0.734. The average molecular weight is 402 g/mol. The Morgan fingerprint density at radius 2 is 2.12 bits per heavy atom. The van der Waals surface area contributed by atoms with Gasteiger partial charge in [-0.25, -0.2) is 14.5 Å². The van der Waals surface area contributed by atoms with Gasteiger partial charge in [0.1, 0.15) is 6.61 Å². The van der Waals surface area contributed by atoms with E-state index in [4.69, 9.17) is 14.2 Å². The van der Waals surface area contributed by atoms with Crippen LogP contribution in [0.1, 0.15) is 17.3 Å². The number of hydrogen-bond acceptors (Lipinski definition) is 7. The SMILES string of the molecule is CCOc1cc(C(=O)OCC(=O)N2CCOC2=O)cc(Br)c1OC. The van der Waals surface area contributed by atoms with Crippen molar-refractivity contribution in [2.24, 2.45) is 0 Å². The first-order valence-corrected chi connectivity index (χ1v) is 7.91. The van der Waals surface area contributed by atoms with Gasteiger partial charge in [-0.1, -0.05) is 0 Å². The van der Waals surface area contributed by atoms with E-state index in [-0.39, 0.29) is 18.7 Å². The molecule has 0 atom stereocenters. The molecule has 0 bridgehead atoms. The molecule has 0 aromatic heterocycles. The zero-order valence-corrected chi connectivity index (χ0v) is 14.8. The van der Waals surface area contributed by atoms with Gasteiger partial charge in [0.15, 0.2) is 18.1 Å². The van der Waals surface area contributed by atoms with Gasteiger partial charge in [-0.2, -0.15) is 0 Å². The molecule has 0 radical (unpaired) electrons. The van der Waals surface area contributed by atoms with E-state index < -0.39 is 24.6 Å². The topological polar surface area (TPSA) is 91.4 Å². The van der Waals surface area contributed by atoms with Crippen molar-refractivity contribution in [3.05, 3.63) is 22.2 Å².